The van der Waals surface area contributed by atoms with E-state index < -0.39 is 5.41 Å². The molecule has 0 fully saturated rings. The molecule has 0 aliphatic heterocycles. The van der Waals surface area contributed by atoms with Crippen molar-refractivity contribution in [3.05, 3.63) is 153 Å². The minimum Gasteiger partial charge on any atom is -0.456 e. The van der Waals surface area contributed by atoms with Gasteiger partial charge in [0.1, 0.15) is 11.2 Å². The van der Waals surface area contributed by atoms with Crippen molar-refractivity contribution >= 4 is 53.8 Å². The zero-order valence-corrected chi connectivity index (χ0v) is 24.4. The summed E-state index contributed by atoms with van der Waals surface area (Å²) in [6, 6.07) is 44.3. The number of hydrogen-bond acceptors (Lipinski definition) is 1. The van der Waals surface area contributed by atoms with Gasteiger partial charge < -0.3 is 4.42 Å². The van der Waals surface area contributed by atoms with Gasteiger partial charge in [0.05, 0.1) is 5.41 Å². The van der Waals surface area contributed by atoms with E-state index in [0.717, 1.165) is 30.9 Å². The summed E-state index contributed by atoms with van der Waals surface area (Å²) < 4.78 is 8.64. The molecule has 0 unspecified atom stereocenters. The molecule has 2 aliphatic carbocycles. The molecule has 0 atom stereocenters. The second kappa shape index (κ2) is 8.06. The summed E-state index contributed by atoms with van der Waals surface area (Å²) in [5, 5.41) is 2.31. The van der Waals surface area contributed by atoms with Gasteiger partial charge in [0, 0.05) is 19.7 Å². The van der Waals surface area contributed by atoms with Crippen LogP contribution in [0.2, 0.25) is 0 Å². The zero-order valence-electron chi connectivity index (χ0n) is 21.2. The van der Waals surface area contributed by atoms with E-state index in [2.05, 4.69) is 147 Å². The number of furan rings is 1. The van der Waals surface area contributed by atoms with E-state index in [4.69, 9.17) is 4.42 Å². The third-order valence-electron chi connectivity index (χ3n) is 8.82. The van der Waals surface area contributed by atoms with Gasteiger partial charge in [0.25, 0.3) is 0 Å². The first-order chi connectivity index (χ1) is 19.6. The lowest BCUT2D eigenvalue weighted by molar-refractivity contribution is 0.666. The van der Waals surface area contributed by atoms with Gasteiger partial charge in [0.2, 0.25) is 0 Å². The van der Waals surface area contributed by atoms with Crippen LogP contribution < -0.4 is 0 Å². The molecule has 0 amide bonds. The largest absolute Gasteiger partial charge is 0.456 e. The summed E-state index contributed by atoms with van der Waals surface area (Å²) in [4.78, 5) is 0. The molecule has 7 aromatic rings. The van der Waals surface area contributed by atoms with Crippen molar-refractivity contribution < 1.29 is 4.42 Å². The van der Waals surface area contributed by atoms with E-state index in [9.17, 15) is 0 Å². The molecule has 188 valence electrons. The van der Waals surface area contributed by atoms with Crippen molar-refractivity contribution in [3.63, 3.8) is 0 Å². The molecule has 6 aromatic carbocycles. The van der Waals surface area contributed by atoms with Crippen LogP contribution in [0.25, 0.3) is 55.3 Å². The van der Waals surface area contributed by atoms with Crippen LogP contribution in [-0.2, 0) is 5.41 Å². The number of hydrogen-bond donors (Lipinski definition) is 0. The van der Waals surface area contributed by atoms with Crippen LogP contribution >= 0.6 is 31.9 Å². The average molecular weight is 640 g/mol. The molecular weight excluding hydrogens is 620 g/mol. The Balaban J connectivity index is 1.55. The number of rotatable bonds is 0. The lowest BCUT2D eigenvalue weighted by atomic mass is 9.66. The normalized spacial score (nSPS) is 13.9. The Morgan fingerprint density at radius 3 is 1.65 bits per heavy atom. The minimum absolute atomic E-state index is 0.545. The Morgan fingerprint density at radius 2 is 0.950 bits per heavy atom. The topological polar surface area (TPSA) is 13.1 Å². The third kappa shape index (κ3) is 2.82. The van der Waals surface area contributed by atoms with Crippen LogP contribution in [0.15, 0.2) is 135 Å². The van der Waals surface area contributed by atoms with Gasteiger partial charge >= 0.3 is 0 Å². The fourth-order valence-electron chi connectivity index (χ4n) is 7.30. The first kappa shape index (κ1) is 22.9. The quantitative estimate of drug-likeness (QED) is 0.161. The molecule has 0 saturated carbocycles. The summed E-state index contributed by atoms with van der Waals surface area (Å²) in [6.45, 7) is 0. The zero-order chi connectivity index (χ0) is 26.6. The van der Waals surface area contributed by atoms with Crippen LogP contribution in [-0.4, -0.2) is 0 Å². The lowest BCUT2D eigenvalue weighted by Gasteiger charge is -2.35. The molecule has 9 rings (SSSR count). The second-order valence-corrected chi connectivity index (χ2v) is 12.5. The van der Waals surface area contributed by atoms with Crippen molar-refractivity contribution in [2.24, 2.45) is 0 Å². The van der Waals surface area contributed by atoms with Gasteiger partial charge in [-0.3, -0.25) is 0 Å². The standard InChI is InChI=1S/C37H20Br2O/c38-21-13-15-26-23-7-1-2-8-24(23)27-16-14-22(39)18-33(27)37(32(26)17-21)31-11-5-3-9-25(31)29-19-30-28-10-4-6-12-35(28)40-36(30)20-34(29)37/h1-20H. The molecule has 0 bridgehead atoms. The van der Waals surface area contributed by atoms with Crippen molar-refractivity contribution in [2.45, 2.75) is 5.41 Å². The first-order valence-corrected chi connectivity index (χ1v) is 15.0. The molecule has 0 radical (unpaired) electrons. The molecule has 40 heavy (non-hydrogen) atoms. The van der Waals surface area contributed by atoms with E-state index in [1.807, 2.05) is 6.07 Å². The van der Waals surface area contributed by atoms with E-state index in [-0.39, 0.29) is 0 Å². The Hall–Kier alpha value is -3.92. The van der Waals surface area contributed by atoms with Crippen molar-refractivity contribution in [3.8, 4) is 33.4 Å². The highest BCUT2D eigenvalue weighted by atomic mass is 79.9. The van der Waals surface area contributed by atoms with E-state index >= 15 is 0 Å². The lowest BCUT2D eigenvalue weighted by Crippen LogP contribution is -2.29. The maximum absolute atomic E-state index is 6.51. The van der Waals surface area contributed by atoms with Gasteiger partial charge in [-0.25, -0.2) is 0 Å². The predicted molar refractivity (Wildman–Crippen MR) is 171 cm³/mol. The molecule has 0 N–H and O–H groups in total. The second-order valence-electron chi connectivity index (χ2n) is 10.7. The van der Waals surface area contributed by atoms with Crippen LogP contribution in [0.5, 0.6) is 0 Å². The van der Waals surface area contributed by atoms with Gasteiger partial charge in [0.15, 0.2) is 0 Å². The fraction of sp³-hybridized carbons (Fsp3) is 0.0270. The van der Waals surface area contributed by atoms with E-state index in [0.29, 0.717) is 0 Å². The van der Waals surface area contributed by atoms with Crippen LogP contribution in [0.3, 0.4) is 0 Å². The first-order valence-electron chi connectivity index (χ1n) is 13.4. The Labute approximate surface area is 248 Å². The van der Waals surface area contributed by atoms with Gasteiger partial charge in [-0.1, -0.05) is 111 Å². The maximum Gasteiger partial charge on any atom is 0.135 e. The smallest absolute Gasteiger partial charge is 0.135 e. The monoisotopic (exact) mass is 638 g/mol. The Morgan fingerprint density at radius 1 is 0.400 bits per heavy atom. The van der Waals surface area contributed by atoms with Crippen LogP contribution in [0.4, 0.5) is 0 Å². The van der Waals surface area contributed by atoms with Crippen molar-refractivity contribution in [2.75, 3.05) is 0 Å². The summed E-state index contributed by atoms with van der Waals surface area (Å²) in [6.07, 6.45) is 0. The summed E-state index contributed by atoms with van der Waals surface area (Å²) in [5.74, 6) is 0. The third-order valence-corrected chi connectivity index (χ3v) is 9.81. The molecule has 1 nitrogen and oxygen atoms in total. The van der Waals surface area contributed by atoms with Crippen LogP contribution in [0, 0.1) is 0 Å². The minimum atomic E-state index is -0.545. The molecule has 1 spiro atoms. The van der Waals surface area contributed by atoms with Gasteiger partial charge in [-0.05, 0) is 98.1 Å². The van der Waals surface area contributed by atoms with Crippen molar-refractivity contribution in [1.82, 2.24) is 0 Å². The SMILES string of the molecule is Brc1ccc2c(c1)C1(c3cc(Br)ccc3-c3ccccc3-2)c2ccccc2-c2cc3c(cc21)oc1ccccc13. The average Bonchev–Trinajstić information content (AvgIpc) is 3.46. The number of benzene rings is 6. The number of fused-ring (bicyclic) bond motifs is 15. The molecule has 1 aromatic heterocycles. The molecule has 1 heterocycles. The highest BCUT2D eigenvalue weighted by molar-refractivity contribution is 9.10. The van der Waals surface area contributed by atoms with E-state index in [1.165, 1.54) is 55.6 Å². The molecular formula is C37H20Br2O. The molecule has 2 aliphatic rings. The molecule has 3 heteroatoms. The summed E-state index contributed by atoms with van der Waals surface area (Å²) in [5.41, 5.74) is 13.9. The Kier molecular flexibility index (Phi) is 4.61. The maximum atomic E-state index is 6.51. The highest BCUT2D eigenvalue weighted by Crippen LogP contribution is 2.62. The van der Waals surface area contributed by atoms with Gasteiger partial charge in [-0.2, -0.15) is 0 Å². The Bertz CT molecular complexity index is 2130. The van der Waals surface area contributed by atoms with Crippen LogP contribution in [0.1, 0.15) is 22.3 Å². The predicted octanol–water partition coefficient (Wildman–Crippen LogP) is 11.1. The fourth-order valence-corrected chi connectivity index (χ4v) is 8.02. The summed E-state index contributed by atoms with van der Waals surface area (Å²) >= 11 is 7.71. The summed E-state index contributed by atoms with van der Waals surface area (Å²) in [7, 11) is 0. The van der Waals surface area contributed by atoms with Gasteiger partial charge in [-0.15, -0.1) is 0 Å². The van der Waals surface area contributed by atoms with Crippen molar-refractivity contribution in [1.29, 1.82) is 0 Å². The van der Waals surface area contributed by atoms with E-state index in [1.54, 1.807) is 0 Å². The number of halogens is 2. The molecule has 0 saturated heterocycles. The highest BCUT2D eigenvalue weighted by Gasteiger charge is 2.50. The number of para-hydroxylation sites is 1.